The molecule has 5 rings (SSSR count). The van der Waals surface area contributed by atoms with E-state index in [4.69, 9.17) is 21.2 Å². The van der Waals surface area contributed by atoms with Crippen LogP contribution < -0.4 is 14.7 Å². The first-order valence-corrected chi connectivity index (χ1v) is 11.3. The van der Waals surface area contributed by atoms with E-state index < -0.39 is 18.1 Å². The van der Waals surface area contributed by atoms with Crippen LogP contribution in [0.25, 0.3) is 0 Å². The molecule has 2 aliphatic rings. The van der Waals surface area contributed by atoms with Crippen molar-refractivity contribution < 1.29 is 19.2 Å². The predicted molar refractivity (Wildman–Crippen MR) is 126 cm³/mol. The molecule has 3 atom stereocenters. The molecule has 2 fully saturated rings. The van der Waals surface area contributed by atoms with E-state index in [2.05, 4.69) is 0 Å². The molecule has 0 unspecified atom stereocenters. The number of amides is 2. The zero-order valence-electron chi connectivity index (χ0n) is 18.1. The number of fused-ring (bicyclic) bond motifs is 1. The molecule has 0 spiro atoms. The van der Waals surface area contributed by atoms with Gasteiger partial charge >= 0.3 is 0 Å². The lowest BCUT2D eigenvalue weighted by atomic mass is 9.90. The van der Waals surface area contributed by atoms with Crippen molar-refractivity contribution in [2.45, 2.75) is 25.5 Å². The van der Waals surface area contributed by atoms with Crippen LogP contribution in [0.2, 0.25) is 5.02 Å². The Morgan fingerprint density at radius 3 is 2.36 bits per heavy atom. The first-order chi connectivity index (χ1) is 16.1. The third-order valence-corrected chi connectivity index (χ3v) is 6.12. The molecule has 3 aromatic rings. The van der Waals surface area contributed by atoms with Crippen molar-refractivity contribution in [3.05, 3.63) is 89.4 Å². The van der Waals surface area contributed by atoms with Gasteiger partial charge in [-0.3, -0.25) is 14.4 Å². The largest absolute Gasteiger partial charge is 0.494 e. The molecule has 0 N–H and O–H groups in total. The highest BCUT2D eigenvalue weighted by Crippen LogP contribution is 2.47. The van der Waals surface area contributed by atoms with Crippen LogP contribution in [0.5, 0.6) is 5.75 Å². The number of hydroxylamine groups is 1. The molecular weight excluding hydrogens is 440 g/mol. The van der Waals surface area contributed by atoms with Crippen LogP contribution in [-0.2, 0) is 14.4 Å². The Labute approximate surface area is 197 Å². The molecule has 0 aromatic heterocycles. The molecule has 0 saturated carbocycles. The summed E-state index contributed by atoms with van der Waals surface area (Å²) in [4.78, 5) is 34.4. The Morgan fingerprint density at radius 1 is 0.909 bits per heavy atom. The van der Waals surface area contributed by atoms with Crippen LogP contribution in [0, 0.1) is 5.92 Å². The van der Waals surface area contributed by atoms with Crippen LogP contribution >= 0.6 is 11.6 Å². The van der Waals surface area contributed by atoms with Gasteiger partial charge in [0.05, 0.1) is 24.0 Å². The van der Waals surface area contributed by atoms with E-state index in [-0.39, 0.29) is 11.8 Å². The van der Waals surface area contributed by atoms with Gasteiger partial charge in [0.15, 0.2) is 6.10 Å². The molecule has 2 saturated heterocycles. The van der Waals surface area contributed by atoms with E-state index in [1.165, 1.54) is 4.90 Å². The summed E-state index contributed by atoms with van der Waals surface area (Å²) in [5, 5.41) is 2.22. The number of hydrogen-bond acceptors (Lipinski definition) is 5. The molecule has 2 heterocycles. The number of halogens is 1. The van der Waals surface area contributed by atoms with Crippen molar-refractivity contribution in [1.29, 1.82) is 0 Å². The van der Waals surface area contributed by atoms with Crippen LogP contribution in [-0.4, -0.2) is 24.5 Å². The highest BCUT2D eigenvalue weighted by atomic mass is 35.5. The van der Waals surface area contributed by atoms with Gasteiger partial charge in [-0.05, 0) is 60.5 Å². The minimum absolute atomic E-state index is 0.296. The lowest BCUT2D eigenvalue weighted by molar-refractivity contribution is -0.126. The first kappa shape index (κ1) is 21.5. The van der Waals surface area contributed by atoms with Crippen molar-refractivity contribution in [2.75, 3.05) is 16.6 Å². The Bertz CT molecular complexity index is 1170. The summed E-state index contributed by atoms with van der Waals surface area (Å²) in [5.74, 6) is -0.677. The molecule has 0 aliphatic carbocycles. The summed E-state index contributed by atoms with van der Waals surface area (Å²) in [6.07, 6.45) is -0.0216. The number of carbonyl (C=O) groups is 2. The summed E-state index contributed by atoms with van der Waals surface area (Å²) in [5.41, 5.74) is 2.08. The van der Waals surface area contributed by atoms with Gasteiger partial charge in [0.2, 0.25) is 5.91 Å². The highest BCUT2D eigenvalue weighted by molar-refractivity contribution is 6.30. The molecule has 0 radical (unpaired) electrons. The van der Waals surface area contributed by atoms with Crippen molar-refractivity contribution in [2.24, 2.45) is 5.92 Å². The second-order valence-electron chi connectivity index (χ2n) is 8.07. The van der Waals surface area contributed by atoms with Gasteiger partial charge in [-0.1, -0.05) is 48.9 Å². The van der Waals surface area contributed by atoms with E-state index in [1.54, 1.807) is 35.4 Å². The molecule has 0 bridgehead atoms. The van der Waals surface area contributed by atoms with Gasteiger partial charge in [0, 0.05) is 5.02 Å². The fraction of sp³-hybridized carbons (Fsp3) is 0.231. The summed E-state index contributed by atoms with van der Waals surface area (Å²) in [6, 6.07) is 23.3. The average molecular weight is 463 g/mol. The van der Waals surface area contributed by atoms with Gasteiger partial charge in [-0.25, -0.2) is 9.96 Å². The monoisotopic (exact) mass is 462 g/mol. The maximum atomic E-state index is 13.6. The topological polar surface area (TPSA) is 59.1 Å². The van der Waals surface area contributed by atoms with Gasteiger partial charge < -0.3 is 4.74 Å². The molecule has 2 amide bonds. The minimum atomic E-state index is -0.919. The molecule has 168 valence electrons. The number of benzene rings is 3. The average Bonchev–Trinajstić information content (AvgIpc) is 3.35. The predicted octanol–water partition coefficient (Wildman–Crippen LogP) is 5.18. The van der Waals surface area contributed by atoms with E-state index >= 15 is 0 Å². The molecule has 3 aromatic carbocycles. The Hall–Kier alpha value is -3.35. The fourth-order valence-electron chi connectivity index (χ4n) is 4.41. The number of anilines is 2. The molecule has 7 heteroatoms. The van der Waals surface area contributed by atoms with E-state index in [0.717, 1.165) is 17.7 Å². The molecule has 33 heavy (non-hydrogen) atoms. The standard InChI is InChI=1S/C26H23ClN2O4/c1-2-15-32-21-13-11-19(12-14-21)28-25(30)22-23(17-7-6-8-18(27)16-17)29(33-24(22)26(28)31)20-9-4-3-5-10-20/h3-14,16,22-24H,2,15H2,1H3/t22-,23+,24+/m0/s1. The summed E-state index contributed by atoms with van der Waals surface area (Å²) >= 11 is 6.27. The summed E-state index contributed by atoms with van der Waals surface area (Å²) in [6.45, 7) is 2.64. The third-order valence-electron chi connectivity index (χ3n) is 5.88. The maximum Gasteiger partial charge on any atom is 0.266 e. The van der Waals surface area contributed by atoms with Crippen molar-refractivity contribution >= 4 is 34.8 Å². The van der Waals surface area contributed by atoms with Crippen molar-refractivity contribution in [1.82, 2.24) is 0 Å². The summed E-state index contributed by atoms with van der Waals surface area (Å²) < 4.78 is 5.62. The minimum Gasteiger partial charge on any atom is -0.494 e. The lowest BCUT2D eigenvalue weighted by Gasteiger charge is -2.28. The Morgan fingerprint density at radius 2 is 1.67 bits per heavy atom. The van der Waals surface area contributed by atoms with Gasteiger partial charge in [-0.2, -0.15) is 0 Å². The smallest absolute Gasteiger partial charge is 0.266 e. The molecule has 6 nitrogen and oxygen atoms in total. The fourth-order valence-corrected chi connectivity index (χ4v) is 4.61. The van der Waals surface area contributed by atoms with E-state index in [9.17, 15) is 9.59 Å². The number of para-hydroxylation sites is 1. The van der Waals surface area contributed by atoms with Gasteiger partial charge in [0.1, 0.15) is 11.7 Å². The van der Waals surface area contributed by atoms with E-state index in [0.29, 0.717) is 23.1 Å². The molecule has 2 aliphatic heterocycles. The van der Waals surface area contributed by atoms with Crippen LogP contribution in [0.3, 0.4) is 0 Å². The zero-order valence-corrected chi connectivity index (χ0v) is 18.8. The van der Waals surface area contributed by atoms with Gasteiger partial charge in [-0.15, -0.1) is 0 Å². The SMILES string of the molecule is CCCOc1ccc(N2C(=O)[C@H]3[C@@H](c4cccc(Cl)c4)N(c4ccccc4)O[C@H]3C2=O)cc1. The lowest BCUT2D eigenvalue weighted by Crippen LogP contribution is -2.37. The first-order valence-electron chi connectivity index (χ1n) is 11.0. The number of imide groups is 1. The van der Waals surface area contributed by atoms with Crippen molar-refractivity contribution in [3.8, 4) is 5.75 Å². The summed E-state index contributed by atoms with van der Waals surface area (Å²) in [7, 11) is 0. The second-order valence-corrected chi connectivity index (χ2v) is 8.50. The number of rotatable bonds is 6. The molecular formula is C26H23ClN2O4. The second kappa shape index (κ2) is 8.89. The Balaban J connectivity index is 1.50. The van der Waals surface area contributed by atoms with Crippen LogP contribution in [0.1, 0.15) is 24.9 Å². The van der Waals surface area contributed by atoms with Gasteiger partial charge in [0.25, 0.3) is 5.91 Å². The van der Waals surface area contributed by atoms with E-state index in [1.807, 2.05) is 55.5 Å². The third kappa shape index (κ3) is 3.86. The van der Waals surface area contributed by atoms with Crippen LogP contribution in [0.15, 0.2) is 78.9 Å². The Kier molecular flexibility index (Phi) is 5.79. The highest BCUT2D eigenvalue weighted by Gasteiger charge is 2.60. The maximum absolute atomic E-state index is 13.6. The zero-order chi connectivity index (χ0) is 22.9. The van der Waals surface area contributed by atoms with Crippen LogP contribution in [0.4, 0.5) is 11.4 Å². The number of ether oxygens (including phenoxy) is 1. The number of carbonyl (C=O) groups excluding carboxylic acids is 2. The number of hydrogen-bond donors (Lipinski definition) is 0. The number of nitrogens with zero attached hydrogens (tertiary/aromatic N) is 2. The quantitative estimate of drug-likeness (QED) is 0.472. The van der Waals surface area contributed by atoms with Crippen molar-refractivity contribution in [3.63, 3.8) is 0 Å². The normalized spacial score (nSPS) is 22.1.